The smallest absolute Gasteiger partial charge is 0.146 e. The first-order chi connectivity index (χ1) is 11.4. The maximum absolute atomic E-state index is 5.95. The lowest BCUT2D eigenvalue weighted by molar-refractivity contribution is 0.143. The predicted octanol–water partition coefficient (Wildman–Crippen LogP) is 1.99. The van der Waals surface area contributed by atoms with Crippen LogP contribution in [0, 0.1) is 0 Å². The molecule has 6 heteroatoms. The fourth-order valence-electron chi connectivity index (χ4n) is 2.46. The van der Waals surface area contributed by atoms with Gasteiger partial charge in [-0.05, 0) is 17.7 Å². The van der Waals surface area contributed by atoms with E-state index in [0.717, 1.165) is 41.1 Å². The third-order valence-electron chi connectivity index (χ3n) is 3.84. The zero-order valence-electron chi connectivity index (χ0n) is 12.6. The van der Waals surface area contributed by atoms with E-state index in [2.05, 4.69) is 31.7 Å². The Morgan fingerprint density at radius 1 is 1.09 bits per heavy atom. The highest BCUT2D eigenvalue weighted by Crippen LogP contribution is 2.25. The number of hydrogen-bond acceptors (Lipinski definition) is 6. The highest BCUT2D eigenvalue weighted by molar-refractivity contribution is 5.74. The van der Waals surface area contributed by atoms with Crippen molar-refractivity contribution < 1.29 is 4.74 Å². The molecule has 0 amide bonds. The van der Waals surface area contributed by atoms with Crippen molar-refractivity contribution >= 4 is 16.7 Å². The van der Waals surface area contributed by atoms with Gasteiger partial charge in [0.15, 0.2) is 0 Å². The number of nitrogens with one attached hydrogen (secondary N) is 2. The van der Waals surface area contributed by atoms with Gasteiger partial charge in [-0.15, -0.1) is 0 Å². The van der Waals surface area contributed by atoms with Crippen LogP contribution in [0.1, 0.15) is 5.56 Å². The van der Waals surface area contributed by atoms with Crippen molar-refractivity contribution in [3.63, 3.8) is 0 Å². The van der Waals surface area contributed by atoms with Crippen molar-refractivity contribution in [1.29, 1.82) is 0 Å². The van der Waals surface area contributed by atoms with E-state index in [1.807, 2.05) is 18.2 Å². The van der Waals surface area contributed by atoms with Crippen LogP contribution in [-0.2, 0) is 6.54 Å². The molecule has 0 unspecified atom stereocenters. The average Bonchev–Trinajstić information content (AvgIpc) is 2.57. The van der Waals surface area contributed by atoms with Gasteiger partial charge in [-0.1, -0.05) is 6.07 Å². The zero-order valence-corrected chi connectivity index (χ0v) is 12.6. The number of ether oxygens (including phenoxy) is 1. The van der Waals surface area contributed by atoms with E-state index >= 15 is 0 Å². The van der Waals surface area contributed by atoms with Gasteiger partial charge in [0.2, 0.25) is 0 Å². The molecule has 1 aromatic carbocycles. The molecule has 1 saturated heterocycles. The van der Waals surface area contributed by atoms with Crippen LogP contribution in [0.3, 0.4) is 0 Å². The minimum Gasteiger partial charge on any atom is -0.485 e. The van der Waals surface area contributed by atoms with Crippen LogP contribution in [-0.4, -0.2) is 34.1 Å². The lowest BCUT2D eigenvalue weighted by Gasteiger charge is -2.28. The van der Waals surface area contributed by atoms with E-state index in [1.165, 1.54) is 0 Å². The Labute approximate surface area is 133 Å². The van der Waals surface area contributed by atoms with Crippen LogP contribution in [0.25, 0.3) is 11.0 Å². The first kappa shape index (κ1) is 13.9. The minimum absolute atomic E-state index is 0.244. The molecule has 2 aromatic heterocycles. The summed E-state index contributed by atoms with van der Waals surface area (Å²) in [7, 11) is 0. The first-order valence-electron chi connectivity index (χ1n) is 7.63. The maximum atomic E-state index is 5.95. The standard InChI is InChI=1S/C17H17N5O/c1-2-14-15(21-6-5-20-14)7-12(1)8-22-16-11-18-4-3-17(16)23-13-9-19-10-13/h1-7,11,13,19,22H,8-10H2. The SMILES string of the molecule is c1cc(OC2CNC2)c(NCc2ccc3nccnc3c2)cn1. The van der Waals surface area contributed by atoms with Crippen LogP contribution in [0.15, 0.2) is 49.1 Å². The summed E-state index contributed by atoms with van der Waals surface area (Å²) in [6, 6.07) is 7.98. The van der Waals surface area contributed by atoms with E-state index in [-0.39, 0.29) is 6.10 Å². The molecular formula is C17H17N5O. The summed E-state index contributed by atoms with van der Waals surface area (Å²) in [5, 5.41) is 6.59. The molecule has 0 radical (unpaired) electrons. The van der Waals surface area contributed by atoms with E-state index in [1.54, 1.807) is 24.8 Å². The number of benzene rings is 1. The molecule has 6 nitrogen and oxygen atoms in total. The van der Waals surface area contributed by atoms with Gasteiger partial charge >= 0.3 is 0 Å². The molecule has 3 aromatic rings. The molecule has 0 spiro atoms. The fraction of sp³-hybridized carbons (Fsp3) is 0.235. The van der Waals surface area contributed by atoms with Crippen LogP contribution in [0.4, 0.5) is 5.69 Å². The molecule has 116 valence electrons. The molecule has 0 atom stereocenters. The maximum Gasteiger partial charge on any atom is 0.146 e. The molecule has 1 aliphatic heterocycles. The van der Waals surface area contributed by atoms with Gasteiger partial charge in [0.1, 0.15) is 11.9 Å². The van der Waals surface area contributed by atoms with Crippen molar-refractivity contribution in [2.24, 2.45) is 0 Å². The first-order valence-corrected chi connectivity index (χ1v) is 7.63. The summed E-state index contributed by atoms with van der Waals surface area (Å²) in [6.45, 7) is 2.47. The monoisotopic (exact) mass is 307 g/mol. The Balaban J connectivity index is 1.49. The largest absolute Gasteiger partial charge is 0.485 e. The zero-order chi connectivity index (χ0) is 15.5. The van der Waals surface area contributed by atoms with E-state index in [9.17, 15) is 0 Å². The number of rotatable bonds is 5. The highest BCUT2D eigenvalue weighted by Gasteiger charge is 2.19. The molecule has 0 aliphatic carbocycles. The lowest BCUT2D eigenvalue weighted by atomic mass is 10.2. The third kappa shape index (κ3) is 3.07. The van der Waals surface area contributed by atoms with Gasteiger partial charge in [0.25, 0.3) is 0 Å². The lowest BCUT2D eigenvalue weighted by Crippen LogP contribution is -2.50. The van der Waals surface area contributed by atoms with Gasteiger partial charge in [0.05, 0.1) is 22.9 Å². The molecule has 2 N–H and O–H groups in total. The number of fused-ring (bicyclic) bond motifs is 1. The summed E-state index contributed by atoms with van der Waals surface area (Å²) in [6.07, 6.45) is 7.20. The summed E-state index contributed by atoms with van der Waals surface area (Å²) in [4.78, 5) is 12.8. The second-order valence-corrected chi connectivity index (χ2v) is 5.50. The Morgan fingerprint density at radius 2 is 1.96 bits per heavy atom. The molecule has 0 saturated carbocycles. The number of nitrogens with zero attached hydrogens (tertiary/aromatic N) is 3. The Morgan fingerprint density at radius 3 is 2.78 bits per heavy atom. The predicted molar refractivity (Wildman–Crippen MR) is 88.4 cm³/mol. The van der Waals surface area contributed by atoms with Gasteiger partial charge in [-0.2, -0.15) is 0 Å². The third-order valence-corrected chi connectivity index (χ3v) is 3.84. The van der Waals surface area contributed by atoms with Crippen LogP contribution in [0.5, 0.6) is 5.75 Å². The van der Waals surface area contributed by atoms with Crippen molar-refractivity contribution in [3.05, 3.63) is 54.6 Å². The van der Waals surface area contributed by atoms with Gasteiger partial charge in [-0.3, -0.25) is 15.0 Å². The quantitative estimate of drug-likeness (QED) is 0.751. The summed E-state index contributed by atoms with van der Waals surface area (Å²) < 4.78 is 5.95. The molecule has 3 heterocycles. The highest BCUT2D eigenvalue weighted by atomic mass is 16.5. The van der Waals surface area contributed by atoms with E-state index in [4.69, 9.17) is 4.74 Å². The summed E-state index contributed by atoms with van der Waals surface area (Å²) >= 11 is 0. The second kappa shape index (κ2) is 6.18. The molecule has 0 bridgehead atoms. The summed E-state index contributed by atoms with van der Waals surface area (Å²) in [5.41, 5.74) is 3.84. The fourth-order valence-corrected chi connectivity index (χ4v) is 2.46. The number of anilines is 1. The molecule has 4 rings (SSSR count). The van der Waals surface area contributed by atoms with E-state index < -0.39 is 0 Å². The van der Waals surface area contributed by atoms with E-state index in [0.29, 0.717) is 6.54 Å². The number of hydrogen-bond donors (Lipinski definition) is 2. The summed E-state index contributed by atoms with van der Waals surface area (Å²) in [5.74, 6) is 0.840. The van der Waals surface area contributed by atoms with Gasteiger partial charge < -0.3 is 15.4 Å². The van der Waals surface area contributed by atoms with Crippen molar-refractivity contribution in [1.82, 2.24) is 20.3 Å². The Hall–Kier alpha value is -2.73. The van der Waals surface area contributed by atoms with Crippen LogP contribution >= 0.6 is 0 Å². The normalized spacial score (nSPS) is 14.4. The Bertz CT molecular complexity index is 819. The van der Waals surface area contributed by atoms with Gasteiger partial charge in [0, 0.05) is 44.3 Å². The molecule has 1 fully saturated rings. The Kier molecular flexibility index (Phi) is 3.73. The molecule has 23 heavy (non-hydrogen) atoms. The molecular weight excluding hydrogens is 290 g/mol. The average molecular weight is 307 g/mol. The van der Waals surface area contributed by atoms with Crippen molar-refractivity contribution in [2.45, 2.75) is 12.6 Å². The van der Waals surface area contributed by atoms with Gasteiger partial charge in [-0.25, -0.2) is 0 Å². The second-order valence-electron chi connectivity index (χ2n) is 5.50. The number of pyridine rings is 1. The van der Waals surface area contributed by atoms with Crippen molar-refractivity contribution in [2.75, 3.05) is 18.4 Å². The molecule has 1 aliphatic rings. The van der Waals surface area contributed by atoms with Crippen LogP contribution < -0.4 is 15.4 Å². The minimum atomic E-state index is 0.244. The van der Waals surface area contributed by atoms with Crippen LogP contribution in [0.2, 0.25) is 0 Å². The van der Waals surface area contributed by atoms with Crippen molar-refractivity contribution in [3.8, 4) is 5.75 Å². The number of aromatic nitrogens is 3. The topological polar surface area (TPSA) is 72.0 Å².